The Hall–Kier alpha value is -1.27. The fourth-order valence-electron chi connectivity index (χ4n) is 3.38. The van der Waals surface area contributed by atoms with Crippen molar-refractivity contribution in [2.24, 2.45) is 4.99 Å². The van der Waals surface area contributed by atoms with Gasteiger partial charge >= 0.3 is 6.18 Å². The lowest BCUT2D eigenvalue weighted by atomic mass is 10.1. The van der Waals surface area contributed by atoms with Crippen LogP contribution in [-0.4, -0.2) is 67.4 Å². The van der Waals surface area contributed by atoms with E-state index in [0.29, 0.717) is 25.5 Å². The first-order valence-corrected chi connectivity index (χ1v) is 11.1. The molecule has 10 heteroatoms. The number of benzene rings is 1. The van der Waals surface area contributed by atoms with E-state index in [0.717, 1.165) is 57.6 Å². The van der Waals surface area contributed by atoms with Gasteiger partial charge in [0.1, 0.15) is 11.9 Å². The van der Waals surface area contributed by atoms with Crippen molar-refractivity contribution in [1.82, 2.24) is 15.5 Å². The Morgan fingerprint density at radius 3 is 2.59 bits per heavy atom. The van der Waals surface area contributed by atoms with E-state index in [4.69, 9.17) is 4.74 Å². The Balaban J connectivity index is 0.00000512. The van der Waals surface area contributed by atoms with Gasteiger partial charge in [0, 0.05) is 26.2 Å². The van der Waals surface area contributed by atoms with Crippen molar-refractivity contribution in [3.05, 3.63) is 29.8 Å². The van der Waals surface area contributed by atoms with Gasteiger partial charge < -0.3 is 25.4 Å². The molecule has 0 spiro atoms. The molecule has 3 N–H and O–H groups in total. The summed E-state index contributed by atoms with van der Waals surface area (Å²) in [7, 11) is 0. The molecule has 1 aromatic carbocycles. The number of ether oxygens (including phenoxy) is 1. The van der Waals surface area contributed by atoms with Crippen molar-refractivity contribution in [1.29, 1.82) is 0 Å². The fraction of sp³-hybridized carbons (Fsp3) is 0.682. The van der Waals surface area contributed by atoms with E-state index in [9.17, 15) is 18.3 Å². The molecule has 6 nitrogen and oxygen atoms in total. The molecular formula is C22H36F3IN4O2. The minimum Gasteiger partial charge on any atom is -0.488 e. The molecule has 1 aliphatic rings. The second-order valence-corrected chi connectivity index (χ2v) is 7.75. The van der Waals surface area contributed by atoms with Gasteiger partial charge in [-0.05, 0) is 57.4 Å². The van der Waals surface area contributed by atoms with E-state index in [1.807, 2.05) is 13.8 Å². The fourth-order valence-corrected chi connectivity index (χ4v) is 3.38. The first kappa shape index (κ1) is 28.8. The van der Waals surface area contributed by atoms with E-state index in [-0.39, 0.29) is 41.9 Å². The Morgan fingerprint density at radius 1 is 1.25 bits per heavy atom. The molecule has 1 heterocycles. The van der Waals surface area contributed by atoms with Crippen molar-refractivity contribution in [3.8, 4) is 5.75 Å². The van der Waals surface area contributed by atoms with Crippen LogP contribution in [0.2, 0.25) is 0 Å². The summed E-state index contributed by atoms with van der Waals surface area (Å²) in [6, 6.07) is 4.94. The zero-order chi connectivity index (χ0) is 22.7. The number of piperidine rings is 1. The number of aliphatic imine (C=N–C) groups is 1. The van der Waals surface area contributed by atoms with Crippen molar-refractivity contribution >= 4 is 29.9 Å². The molecule has 32 heavy (non-hydrogen) atoms. The van der Waals surface area contributed by atoms with E-state index in [2.05, 4.69) is 20.5 Å². The molecular weight excluding hydrogens is 536 g/mol. The van der Waals surface area contributed by atoms with E-state index < -0.39 is 11.7 Å². The summed E-state index contributed by atoms with van der Waals surface area (Å²) in [5.74, 6) is 0.865. The van der Waals surface area contributed by atoms with Crippen LogP contribution >= 0.6 is 24.0 Å². The first-order valence-electron chi connectivity index (χ1n) is 11.1. The lowest BCUT2D eigenvalue weighted by Gasteiger charge is -2.29. The van der Waals surface area contributed by atoms with Gasteiger partial charge in [0.2, 0.25) is 0 Å². The van der Waals surface area contributed by atoms with Crippen molar-refractivity contribution in [3.63, 3.8) is 0 Å². The zero-order valence-electron chi connectivity index (χ0n) is 18.8. The number of aliphatic hydroxyl groups excluding tert-OH is 1. The largest absolute Gasteiger partial charge is 0.488 e. The van der Waals surface area contributed by atoms with Crippen LogP contribution in [0.3, 0.4) is 0 Å². The molecule has 0 aromatic heterocycles. The van der Waals surface area contributed by atoms with Crippen molar-refractivity contribution in [2.75, 3.05) is 39.3 Å². The summed E-state index contributed by atoms with van der Waals surface area (Å²) >= 11 is 0. The van der Waals surface area contributed by atoms with E-state index in [1.54, 1.807) is 0 Å². The quantitative estimate of drug-likeness (QED) is 0.172. The van der Waals surface area contributed by atoms with Gasteiger partial charge in [-0.15, -0.1) is 24.0 Å². The average molecular weight is 572 g/mol. The normalized spacial score (nSPS) is 16.9. The van der Waals surface area contributed by atoms with E-state index in [1.165, 1.54) is 12.1 Å². The highest BCUT2D eigenvalue weighted by molar-refractivity contribution is 14.0. The standard InChI is InChI=1S/C22H35F3N4O2.HI/c1-3-19(31-20-8-5-7-17(15-20)22(23,24)25)16-28-21(26-4-2)27-11-6-12-29-13-9-18(30)10-14-29;/h5,7-8,15,18-19,30H,3-4,6,9-14,16H2,1-2H3,(H2,26,27,28);1H. The number of guanidine groups is 1. The van der Waals surface area contributed by atoms with Gasteiger partial charge in [-0.25, -0.2) is 4.99 Å². The van der Waals surface area contributed by atoms with Gasteiger partial charge in [-0.3, -0.25) is 0 Å². The van der Waals surface area contributed by atoms with Gasteiger partial charge in [0.15, 0.2) is 5.96 Å². The second-order valence-electron chi connectivity index (χ2n) is 7.75. The summed E-state index contributed by atoms with van der Waals surface area (Å²) in [5.41, 5.74) is -0.721. The van der Waals surface area contributed by atoms with Gasteiger partial charge in [0.05, 0.1) is 18.2 Å². The van der Waals surface area contributed by atoms with Gasteiger partial charge in [-0.1, -0.05) is 13.0 Å². The molecule has 2 rings (SSSR count). The third-order valence-corrected chi connectivity index (χ3v) is 5.22. The lowest BCUT2D eigenvalue weighted by molar-refractivity contribution is -0.137. The number of rotatable bonds is 10. The molecule has 184 valence electrons. The molecule has 0 saturated carbocycles. The number of hydrogen-bond donors (Lipinski definition) is 3. The first-order chi connectivity index (χ1) is 14.8. The maximum atomic E-state index is 12.9. The summed E-state index contributed by atoms with van der Waals surface area (Å²) in [6.07, 6.45) is -1.62. The van der Waals surface area contributed by atoms with Gasteiger partial charge in [0.25, 0.3) is 0 Å². The number of nitrogens with one attached hydrogen (secondary N) is 2. The molecule has 0 aliphatic carbocycles. The monoisotopic (exact) mass is 572 g/mol. The van der Waals surface area contributed by atoms with Crippen LogP contribution in [0, 0.1) is 0 Å². The number of hydrogen-bond acceptors (Lipinski definition) is 4. The van der Waals surface area contributed by atoms with E-state index >= 15 is 0 Å². The average Bonchev–Trinajstić information content (AvgIpc) is 2.74. The van der Waals surface area contributed by atoms with Crippen molar-refractivity contribution < 1.29 is 23.0 Å². The number of likely N-dealkylation sites (tertiary alicyclic amines) is 1. The highest BCUT2D eigenvalue weighted by atomic mass is 127. The van der Waals surface area contributed by atoms with Crippen LogP contribution in [0.5, 0.6) is 5.75 Å². The van der Waals surface area contributed by atoms with Gasteiger partial charge in [-0.2, -0.15) is 13.2 Å². The summed E-state index contributed by atoms with van der Waals surface area (Å²) in [5, 5.41) is 16.1. The SMILES string of the molecule is CCNC(=NCC(CC)Oc1cccc(C(F)(F)F)c1)NCCCN1CCC(O)CC1.I. The van der Waals surface area contributed by atoms with Crippen LogP contribution < -0.4 is 15.4 Å². The molecule has 1 saturated heterocycles. The minimum atomic E-state index is -4.39. The Labute approximate surface area is 206 Å². The number of alkyl halides is 3. The molecule has 1 unspecified atom stereocenters. The molecule has 1 aromatic rings. The molecule has 0 bridgehead atoms. The van der Waals surface area contributed by atoms with Crippen LogP contribution in [0.15, 0.2) is 29.3 Å². The predicted molar refractivity (Wildman–Crippen MR) is 132 cm³/mol. The Kier molecular flexibility index (Phi) is 13.3. The molecule has 0 amide bonds. The summed E-state index contributed by atoms with van der Waals surface area (Å²) in [4.78, 5) is 6.90. The van der Waals surface area contributed by atoms with Crippen LogP contribution in [-0.2, 0) is 6.18 Å². The number of halogens is 4. The van der Waals surface area contributed by atoms with Crippen LogP contribution in [0.25, 0.3) is 0 Å². The lowest BCUT2D eigenvalue weighted by Crippen LogP contribution is -2.41. The summed E-state index contributed by atoms with van der Waals surface area (Å²) < 4.78 is 44.5. The zero-order valence-corrected chi connectivity index (χ0v) is 21.2. The Morgan fingerprint density at radius 2 is 1.97 bits per heavy atom. The summed E-state index contributed by atoms with van der Waals surface area (Å²) in [6.45, 7) is 8.54. The number of aliphatic hydroxyl groups is 1. The third kappa shape index (κ3) is 10.6. The maximum absolute atomic E-state index is 12.9. The topological polar surface area (TPSA) is 69.1 Å². The van der Waals surface area contributed by atoms with Crippen molar-refractivity contribution in [2.45, 2.75) is 57.9 Å². The third-order valence-electron chi connectivity index (χ3n) is 5.22. The smallest absolute Gasteiger partial charge is 0.416 e. The maximum Gasteiger partial charge on any atom is 0.416 e. The number of nitrogens with zero attached hydrogens (tertiary/aromatic N) is 2. The van der Waals surface area contributed by atoms with Crippen LogP contribution in [0.1, 0.15) is 45.1 Å². The second kappa shape index (κ2) is 14.8. The highest BCUT2D eigenvalue weighted by Crippen LogP contribution is 2.31. The highest BCUT2D eigenvalue weighted by Gasteiger charge is 2.30. The molecule has 1 atom stereocenters. The molecule has 0 radical (unpaired) electrons. The van der Waals surface area contributed by atoms with Crippen LogP contribution in [0.4, 0.5) is 13.2 Å². The predicted octanol–water partition coefficient (Wildman–Crippen LogP) is 3.88. The minimum absolute atomic E-state index is 0. The molecule has 1 fully saturated rings. The Bertz CT molecular complexity index is 683. The molecule has 1 aliphatic heterocycles.